The van der Waals surface area contributed by atoms with E-state index in [4.69, 9.17) is 9.79 Å². The summed E-state index contributed by atoms with van der Waals surface area (Å²) in [5.74, 6) is 0. The molecule has 3 nitrogen and oxygen atoms in total. The molecular weight excluding hydrogens is 337 g/mol. The first-order valence-electron chi connectivity index (χ1n) is 4.34. The van der Waals surface area contributed by atoms with Gasteiger partial charge in [-0.3, -0.25) is 4.57 Å². The zero-order valence-corrected chi connectivity index (χ0v) is 11.4. The van der Waals surface area contributed by atoms with Crippen LogP contribution in [0.15, 0.2) is 28.1 Å². The van der Waals surface area contributed by atoms with Gasteiger partial charge in [0.25, 0.3) is 0 Å². The first-order chi connectivity index (χ1) is 7.73. The number of alkyl halides is 2. The second-order valence-corrected chi connectivity index (χ2v) is 6.83. The fourth-order valence-electron chi connectivity index (χ4n) is 1.37. The van der Waals surface area contributed by atoms with Crippen LogP contribution in [0.2, 0.25) is 0 Å². The van der Waals surface area contributed by atoms with Crippen LogP contribution in [-0.2, 0) is 10.2 Å². The van der Waals surface area contributed by atoms with Crippen LogP contribution in [0.4, 0.5) is 8.78 Å². The van der Waals surface area contributed by atoms with E-state index in [-0.39, 0.29) is 4.47 Å². The summed E-state index contributed by atoms with van der Waals surface area (Å²) in [5, 5.41) is 2.25. The van der Waals surface area contributed by atoms with Crippen LogP contribution < -0.4 is 0 Å². The Hall–Kier alpha value is -0.330. The van der Waals surface area contributed by atoms with Gasteiger partial charge in [-0.2, -0.15) is 8.78 Å². The minimum atomic E-state index is -5.54. The van der Waals surface area contributed by atoms with Crippen molar-refractivity contribution in [3.63, 3.8) is 0 Å². The molecule has 1 aromatic carbocycles. The van der Waals surface area contributed by atoms with Gasteiger partial charge in [0, 0.05) is 14.7 Å². The molecule has 0 spiro atoms. The van der Waals surface area contributed by atoms with Crippen LogP contribution in [0.1, 0.15) is 5.56 Å². The number of benzene rings is 1. The minimum absolute atomic E-state index is 0.0132. The van der Waals surface area contributed by atoms with E-state index in [2.05, 4.69) is 15.9 Å². The quantitative estimate of drug-likeness (QED) is 0.814. The molecule has 0 saturated carbocycles. The molecule has 0 unspecified atom stereocenters. The van der Waals surface area contributed by atoms with E-state index in [1.807, 2.05) is 0 Å². The van der Waals surface area contributed by atoms with Gasteiger partial charge in [-0.25, -0.2) is 0 Å². The van der Waals surface area contributed by atoms with E-state index in [1.54, 1.807) is 11.4 Å². The van der Waals surface area contributed by atoms with Gasteiger partial charge in [0.15, 0.2) is 0 Å². The molecule has 0 radical (unpaired) electrons. The van der Waals surface area contributed by atoms with Crippen molar-refractivity contribution in [3.8, 4) is 0 Å². The highest BCUT2D eigenvalue weighted by atomic mass is 79.9. The van der Waals surface area contributed by atoms with E-state index in [0.29, 0.717) is 5.39 Å². The molecule has 2 rings (SSSR count). The van der Waals surface area contributed by atoms with Gasteiger partial charge in [0.05, 0.1) is 0 Å². The van der Waals surface area contributed by atoms with Gasteiger partial charge in [0.2, 0.25) is 0 Å². The van der Waals surface area contributed by atoms with Crippen molar-refractivity contribution >= 4 is 44.9 Å². The largest absolute Gasteiger partial charge is 0.399 e. The van der Waals surface area contributed by atoms with Crippen molar-refractivity contribution in [1.29, 1.82) is 0 Å². The van der Waals surface area contributed by atoms with Crippen LogP contribution in [-0.4, -0.2) is 9.79 Å². The van der Waals surface area contributed by atoms with E-state index >= 15 is 0 Å². The standard InChI is InChI=1S/C9H6BrF2O3PS/c10-7-4-8-5(1-2-17-8)3-6(7)9(11,12)16(13,14)15/h1-4H,(H2,13,14,15). The third-order valence-electron chi connectivity index (χ3n) is 2.23. The van der Waals surface area contributed by atoms with E-state index in [0.717, 1.165) is 10.8 Å². The summed E-state index contributed by atoms with van der Waals surface area (Å²) in [5.41, 5.74) is -4.89. The maximum atomic E-state index is 13.6. The Morgan fingerprint density at radius 1 is 1.35 bits per heavy atom. The molecule has 0 aliphatic rings. The molecule has 2 aromatic rings. The summed E-state index contributed by atoms with van der Waals surface area (Å²) in [7, 11) is -5.54. The van der Waals surface area contributed by atoms with E-state index in [1.165, 1.54) is 17.4 Å². The molecule has 0 aliphatic carbocycles. The minimum Gasteiger partial charge on any atom is -0.320 e. The average molecular weight is 343 g/mol. The predicted octanol–water partition coefficient (Wildman–Crippen LogP) is 3.89. The molecule has 0 amide bonds. The summed E-state index contributed by atoms with van der Waals surface area (Å²) in [4.78, 5) is 17.4. The Bertz CT molecular complexity index is 622. The Labute approximate surface area is 107 Å². The van der Waals surface area contributed by atoms with Crippen molar-refractivity contribution in [3.05, 3.63) is 33.6 Å². The predicted molar refractivity (Wildman–Crippen MR) is 65.5 cm³/mol. The zero-order valence-electron chi connectivity index (χ0n) is 8.10. The monoisotopic (exact) mass is 342 g/mol. The zero-order chi connectivity index (χ0) is 12.8. The summed E-state index contributed by atoms with van der Waals surface area (Å²) >= 11 is 4.27. The summed E-state index contributed by atoms with van der Waals surface area (Å²) in [6.45, 7) is 0. The van der Waals surface area contributed by atoms with Crippen LogP contribution in [0.5, 0.6) is 0 Å². The Morgan fingerprint density at radius 2 is 2.00 bits per heavy atom. The molecule has 0 aliphatic heterocycles. The van der Waals surface area contributed by atoms with E-state index in [9.17, 15) is 13.3 Å². The van der Waals surface area contributed by atoms with Crippen molar-refractivity contribution in [1.82, 2.24) is 0 Å². The molecule has 0 saturated heterocycles. The van der Waals surface area contributed by atoms with E-state index < -0.39 is 18.8 Å². The van der Waals surface area contributed by atoms with Crippen molar-refractivity contribution in [2.75, 3.05) is 0 Å². The molecule has 92 valence electrons. The highest BCUT2D eigenvalue weighted by Crippen LogP contribution is 2.60. The van der Waals surface area contributed by atoms with Gasteiger partial charge in [-0.05, 0) is 29.0 Å². The number of hydrogen-bond acceptors (Lipinski definition) is 2. The SMILES string of the molecule is O=P(O)(O)C(F)(F)c1cc2ccsc2cc1Br. The number of hydrogen-bond donors (Lipinski definition) is 2. The molecule has 8 heteroatoms. The summed E-state index contributed by atoms with van der Waals surface area (Å²) < 4.78 is 38.7. The maximum absolute atomic E-state index is 13.6. The second-order valence-electron chi connectivity index (χ2n) is 3.38. The van der Waals surface area contributed by atoms with Crippen LogP contribution in [0, 0.1) is 0 Å². The third kappa shape index (κ3) is 2.18. The van der Waals surface area contributed by atoms with Gasteiger partial charge < -0.3 is 9.79 Å². The normalized spacial score (nSPS) is 13.2. The molecular formula is C9H6BrF2O3PS. The molecule has 17 heavy (non-hydrogen) atoms. The molecule has 2 N–H and O–H groups in total. The van der Waals surface area contributed by atoms with Gasteiger partial charge in [-0.1, -0.05) is 15.9 Å². The molecule has 0 fully saturated rings. The Balaban J connectivity index is 2.70. The highest BCUT2D eigenvalue weighted by Gasteiger charge is 2.51. The number of halogens is 3. The third-order valence-corrected chi connectivity index (χ3v) is 4.74. The molecule has 1 heterocycles. The van der Waals surface area contributed by atoms with Gasteiger partial charge in [0.1, 0.15) is 0 Å². The van der Waals surface area contributed by atoms with Crippen molar-refractivity contribution < 1.29 is 23.1 Å². The number of fused-ring (bicyclic) bond motifs is 1. The second kappa shape index (κ2) is 4.10. The van der Waals surface area contributed by atoms with Crippen LogP contribution >= 0.6 is 34.9 Å². The lowest BCUT2D eigenvalue weighted by Crippen LogP contribution is -2.14. The molecule has 0 atom stereocenters. The molecule has 1 aromatic heterocycles. The lowest BCUT2D eigenvalue weighted by Gasteiger charge is -2.19. The Kier molecular flexibility index (Phi) is 3.16. The van der Waals surface area contributed by atoms with Gasteiger partial charge in [-0.15, -0.1) is 11.3 Å². The highest BCUT2D eigenvalue weighted by molar-refractivity contribution is 9.10. The summed E-state index contributed by atoms with van der Waals surface area (Å²) in [6.07, 6.45) is 0. The fourth-order valence-corrected chi connectivity index (χ4v) is 3.58. The maximum Gasteiger partial charge on any atom is 0.399 e. The van der Waals surface area contributed by atoms with Crippen molar-refractivity contribution in [2.24, 2.45) is 0 Å². The van der Waals surface area contributed by atoms with Crippen LogP contribution in [0.25, 0.3) is 10.1 Å². The number of thiophene rings is 1. The Morgan fingerprint density at radius 3 is 2.59 bits per heavy atom. The number of rotatable bonds is 2. The fraction of sp³-hybridized carbons (Fsp3) is 0.111. The smallest absolute Gasteiger partial charge is 0.320 e. The lowest BCUT2D eigenvalue weighted by molar-refractivity contribution is 0.0559. The summed E-state index contributed by atoms with van der Waals surface area (Å²) in [6, 6.07) is 4.14. The topological polar surface area (TPSA) is 57.5 Å². The van der Waals surface area contributed by atoms with Gasteiger partial charge >= 0.3 is 13.3 Å². The van der Waals surface area contributed by atoms with Crippen LogP contribution in [0.3, 0.4) is 0 Å². The first kappa shape index (κ1) is 13.1. The molecule has 0 bridgehead atoms. The van der Waals surface area contributed by atoms with Crippen molar-refractivity contribution in [2.45, 2.75) is 5.66 Å². The average Bonchev–Trinajstić information content (AvgIpc) is 2.61. The lowest BCUT2D eigenvalue weighted by atomic mass is 10.2. The first-order valence-corrected chi connectivity index (χ1v) is 7.62.